The predicted molar refractivity (Wildman–Crippen MR) is 97.8 cm³/mol. The molecule has 0 atom stereocenters. The van der Waals surface area contributed by atoms with Crippen molar-refractivity contribution in [3.05, 3.63) is 58.1 Å². The van der Waals surface area contributed by atoms with Gasteiger partial charge in [-0.2, -0.15) is 0 Å². The Morgan fingerprint density at radius 2 is 1.82 bits per heavy atom. The van der Waals surface area contributed by atoms with E-state index in [1.807, 2.05) is 0 Å². The van der Waals surface area contributed by atoms with E-state index in [1.165, 1.54) is 19.2 Å². The summed E-state index contributed by atoms with van der Waals surface area (Å²) in [6.45, 7) is -0.0498. The fraction of sp³-hybridized carbons (Fsp3) is 0.263. The smallest absolute Gasteiger partial charge is 0.311 e. The normalized spacial score (nSPS) is 14.0. The van der Waals surface area contributed by atoms with Crippen molar-refractivity contribution in [1.29, 1.82) is 0 Å². The first-order chi connectivity index (χ1) is 13.3. The molecule has 0 aromatic heterocycles. The van der Waals surface area contributed by atoms with Gasteiger partial charge in [-0.1, -0.05) is 0 Å². The first-order valence-corrected chi connectivity index (χ1v) is 8.46. The summed E-state index contributed by atoms with van der Waals surface area (Å²) in [5.74, 6) is -0.458. The van der Waals surface area contributed by atoms with Gasteiger partial charge in [0.1, 0.15) is 17.2 Å². The third-order valence-electron chi connectivity index (χ3n) is 4.60. The molecule has 146 valence electrons. The summed E-state index contributed by atoms with van der Waals surface area (Å²) >= 11 is 0. The summed E-state index contributed by atoms with van der Waals surface area (Å²) in [5, 5.41) is 22.8. The average Bonchev–Trinajstić information content (AvgIpc) is 3.48. The van der Waals surface area contributed by atoms with Crippen molar-refractivity contribution < 1.29 is 29.1 Å². The molecule has 1 saturated carbocycles. The van der Waals surface area contributed by atoms with Crippen LogP contribution in [-0.4, -0.2) is 35.6 Å². The van der Waals surface area contributed by atoms with Crippen molar-refractivity contribution in [2.24, 2.45) is 5.41 Å². The lowest BCUT2D eigenvalue weighted by Crippen LogP contribution is -2.34. The number of benzene rings is 2. The van der Waals surface area contributed by atoms with Crippen LogP contribution in [-0.2, 0) is 4.79 Å². The maximum Gasteiger partial charge on any atom is 0.311 e. The van der Waals surface area contributed by atoms with Crippen LogP contribution in [0.25, 0.3) is 0 Å². The molecule has 28 heavy (non-hydrogen) atoms. The number of aliphatic carboxylic acids is 1. The predicted octanol–water partition coefficient (Wildman–Crippen LogP) is 2.99. The molecule has 1 aliphatic carbocycles. The number of rotatable bonds is 8. The van der Waals surface area contributed by atoms with E-state index in [2.05, 4.69) is 5.32 Å². The first-order valence-electron chi connectivity index (χ1n) is 8.46. The molecule has 2 aromatic carbocycles. The van der Waals surface area contributed by atoms with Gasteiger partial charge in [0.05, 0.1) is 23.0 Å². The number of nitro groups is 1. The summed E-state index contributed by atoms with van der Waals surface area (Å²) in [6, 6.07) is 10.3. The number of hydrogen-bond acceptors (Lipinski definition) is 6. The van der Waals surface area contributed by atoms with Gasteiger partial charge < -0.3 is 19.9 Å². The van der Waals surface area contributed by atoms with E-state index in [1.54, 1.807) is 24.3 Å². The summed E-state index contributed by atoms with van der Waals surface area (Å²) < 4.78 is 10.8. The fourth-order valence-electron chi connectivity index (χ4n) is 2.63. The van der Waals surface area contributed by atoms with E-state index in [4.69, 9.17) is 9.47 Å². The van der Waals surface area contributed by atoms with E-state index in [9.17, 15) is 24.8 Å². The zero-order valence-electron chi connectivity index (χ0n) is 15.0. The van der Waals surface area contributed by atoms with E-state index in [-0.39, 0.29) is 23.5 Å². The molecule has 0 radical (unpaired) electrons. The summed E-state index contributed by atoms with van der Waals surface area (Å²) in [7, 11) is 1.53. The Bertz CT molecular complexity index is 920. The lowest BCUT2D eigenvalue weighted by atomic mass is 10.1. The van der Waals surface area contributed by atoms with Crippen LogP contribution in [0, 0.1) is 15.5 Å². The van der Waals surface area contributed by atoms with Gasteiger partial charge in [-0.05, 0) is 43.2 Å². The molecule has 0 unspecified atom stereocenters. The van der Waals surface area contributed by atoms with Crippen molar-refractivity contribution in [2.45, 2.75) is 12.8 Å². The molecule has 1 aliphatic rings. The molecule has 2 N–H and O–H groups in total. The quantitative estimate of drug-likeness (QED) is 0.527. The third-order valence-corrected chi connectivity index (χ3v) is 4.60. The van der Waals surface area contributed by atoms with E-state index in [0.29, 0.717) is 24.3 Å². The first kappa shape index (κ1) is 19.2. The number of carboxylic acids is 1. The van der Waals surface area contributed by atoms with Gasteiger partial charge in [0.2, 0.25) is 0 Å². The minimum absolute atomic E-state index is 0.0498. The van der Waals surface area contributed by atoms with E-state index in [0.717, 1.165) is 6.07 Å². The summed E-state index contributed by atoms with van der Waals surface area (Å²) in [6.07, 6.45) is 0.958. The second-order valence-corrected chi connectivity index (χ2v) is 6.48. The maximum atomic E-state index is 12.6. The number of carboxylic acid groups (broad SMARTS) is 1. The molecular formula is C19H18N2O7. The lowest BCUT2D eigenvalue weighted by Gasteiger charge is -2.14. The molecule has 0 bridgehead atoms. The fourth-order valence-corrected chi connectivity index (χ4v) is 2.63. The zero-order chi connectivity index (χ0) is 20.3. The van der Waals surface area contributed by atoms with Gasteiger partial charge in [-0.3, -0.25) is 19.7 Å². The minimum Gasteiger partial charge on any atom is -0.497 e. The number of carbonyl (C=O) groups excluding carboxylic acids is 1. The van der Waals surface area contributed by atoms with Crippen molar-refractivity contribution >= 4 is 17.6 Å². The van der Waals surface area contributed by atoms with Crippen LogP contribution >= 0.6 is 0 Å². The Balaban J connectivity index is 1.83. The molecule has 0 heterocycles. The number of ether oxygens (including phenoxy) is 2. The number of nitrogens with zero attached hydrogens (tertiary/aromatic N) is 1. The molecule has 9 nitrogen and oxygen atoms in total. The van der Waals surface area contributed by atoms with Gasteiger partial charge in [0.25, 0.3) is 11.6 Å². The maximum absolute atomic E-state index is 12.6. The van der Waals surface area contributed by atoms with Crippen LogP contribution in [0.3, 0.4) is 0 Å². The number of carbonyl (C=O) groups is 2. The molecule has 9 heteroatoms. The Labute approximate surface area is 160 Å². The topological polar surface area (TPSA) is 128 Å². The van der Waals surface area contributed by atoms with Crippen LogP contribution in [0.1, 0.15) is 23.2 Å². The van der Waals surface area contributed by atoms with Gasteiger partial charge in [-0.15, -0.1) is 0 Å². The standard InChI is InChI=1S/C19H18N2O7/c1-27-13-3-5-14(6-4-13)28-16-7-2-12(21(25)26)10-15(16)17(22)20-11-19(8-9-19)18(23)24/h2-7,10H,8-9,11H2,1H3,(H,20,22)(H,23,24). The monoisotopic (exact) mass is 386 g/mol. The second-order valence-electron chi connectivity index (χ2n) is 6.48. The molecule has 0 saturated heterocycles. The van der Waals surface area contributed by atoms with Crippen molar-refractivity contribution in [3.63, 3.8) is 0 Å². The van der Waals surface area contributed by atoms with Crippen LogP contribution in [0.4, 0.5) is 5.69 Å². The van der Waals surface area contributed by atoms with Crippen molar-refractivity contribution in [3.8, 4) is 17.2 Å². The Morgan fingerprint density at radius 1 is 1.18 bits per heavy atom. The Kier molecular flexibility index (Phi) is 5.16. The highest BCUT2D eigenvalue weighted by molar-refractivity contribution is 5.98. The third kappa shape index (κ3) is 4.03. The van der Waals surface area contributed by atoms with Crippen molar-refractivity contribution in [2.75, 3.05) is 13.7 Å². The molecule has 2 aromatic rings. The zero-order valence-corrected chi connectivity index (χ0v) is 15.0. The number of amides is 1. The number of methoxy groups -OCH3 is 1. The molecule has 0 aliphatic heterocycles. The largest absolute Gasteiger partial charge is 0.497 e. The van der Waals surface area contributed by atoms with Crippen LogP contribution in [0.15, 0.2) is 42.5 Å². The lowest BCUT2D eigenvalue weighted by molar-refractivity contribution is -0.384. The van der Waals surface area contributed by atoms with Crippen LogP contribution in [0.2, 0.25) is 0 Å². The number of hydrogen-bond donors (Lipinski definition) is 2. The SMILES string of the molecule is COc1ccc(Oc2ccc([N+](=O)[O-])cc2C(=O)NCC2(C(=O)O)CC2)cc1. The van der Waals surface area contributed by atoms with Gasteiger partial charge in [-0.25, -0.2) is 0 Å². The van der Waals surface area contributed by atoms with E-state index >= 15 is 0 Å². The van der Waals surface area contributed by atoms with E-state index < -0.39 is 22.2 Å². The Morgan fingerprint density at radius 3 is 2.36 bits per heavy atom. The highest BCUT2D eigenvalue weighted by Crippen LogP contribution is 2.45. The van der Waals surface area contributed by atoms with Gasteiger partial charge in [0, 0.05) is 18.7 Å². The summed E-state index contributed by atoms with van der Waals surface area (Å²) in [5.41, 5.74) is -1.27. The number of non-ortho nitro benzene ring substituents is 1. The molecule has 0 spiro atoms. The minimum atomic E-state index is -0.971. The highest BCUT2D eigenvalue weighted by Gasteiger charge is 2.50. The second kappa shape index (κ2) is 7.55. The average molecular weight is 386 g/mol. The van der Waals surface area contributed by atoms with Crippen molar-refractivity contribution in [1.82, 2.24) is 5.32 Å². The number of nitrogens with one attached hydrogen (secondary N) is 1. The number of nitro benzene ring substituents is 1. The van der Waals surface area contributed by atoms with Crippen LogP contribution < -0.4 is 14.8 Å². The summed E-state index contributed by atoms with van der Waals surface area (Å²) in [4.78, 5) is 34.3. The van der Waals surface area contributed by atoms with Gasteiger partial charge in [0.15, 0.2) is 0 Å². The molecular weight excluding hydrogens is 368 g/mol. The molecule has 1 fully saturated rings. The molecule has 1 amide bonds. The van der Waals surface area contributed by atoms with Crippen LogP contribution in [0.5, 0.6) is 17.2 Å². The Hall–Kier alpha value is -3.62. The highest BCUT2D eigenvalue weighted by atomic mass is 16.6. The molecule has 3 rings (SSSR count). The van der Waals surface area contributed by atoms with Gasteiger partial charge >= 0.3 is 5.97 Å².